The van der Waals surface area contributed by atoms with E-state index in [-0.39, 0.29) is 12.6 Å². The van der Waals surface area contributed by atoms with Crippen LogP contribution in [0.25, 0.3) is 0 Å². The molecule has 0 bridgehead atoms. The lowest BCUT2D eigenvalue weighted by molar-refractivity contribution is 0.370. The van der Waals surface area contributed by atoms with Gasteiger partial charge >= 0.3 is 0 Å². The summed E-state index contributed by atoms with van der Waals surface area (Å²) in [7, 11) is -3.58. The summed E-state index contributed by atoms with van der Waals surface area (Å²) >= 11 is 0. The monoisotopic (exact) mass is 343 g/mol. The van der Waals surface area contributed by atoms with Crippen LogP contribution in [0.3, 0.4) is 0 Å². The Balaban J connectivity index is 2.36. The number of nitrogens with zero attached hydrogens (tertiary/aromatic N) is 1. The van der Waals surface area contributed by atoms with Crippen molar-refractivity contribution in [3.05, 3.63) is 78.4 Å². The Morgan fingerprint density at radius 1 is 1.08 bits per heavy atom. The van der Waals surface area contributed by atoms with Crippen LogP contribution in [0.2, 0.25) is 0 Å². The van der Waals surface area contributed by atoms with Crippen molar-refractivity contribution in [1.82, 2.24) is 4.31 Å². The van der Waals surface area contributed by atoms with Gasteiger partial charge in [-0.2, -0.15) is 4.31 Å². The summed E-state index contributed by atoms with van der Waals surface area (Å²) < 4.78 is 27.7. The Kier molecular flexibility index (Phi) is 6.35. The quantitative estimate of drug-likeness (QED) is 0.658. The topological polar surface area (TPSA) is 37.4 Å². The number of aryl methyl sites for hydroxylation is 1. The van der Waals surface area contributed by atoms with Crippen molar-refractivity contribution in [2.45, 2.75) is 37.6 Å². The van der Waals surface area contributed by atoms with Gasteiger partial charge in [0.1, 0.15) is 0 Å². The smallest absolute Gasteiger partial charge is 0.207 e. The second-order valence-electron chi connectivity index (χ2n) is 5.84. The molecule has 0 radical (unpaired) electrons. The van der Waals surface area contributed by atoms with Crippen molar-refractivity contribution >= 4 is 10.0 Å². The average molecular weight is 343 g/mol. The van der Waals surface area contributed by atoms with Gasteiger partial charge in [-0.15, -0.1) is 6.58 Å². The van der Waals surface area contributed by atoms with Gasteiger partial charge in [0, 0.05) is 12.6 Å². The van der Waals surface area contributed by atoms with Gasteiger partial charge in [0.25, 0.3) is 0 Å². The lowest BCUT2D eigenvalue weighted by Crippen LogP contribution is -2.33. The maximum Gasteiger partial charge on any atom is 0.243 e. The Morgan fingerprint density at radius 2 is 1.71 bits per heavy atom. The summed E-state index contributed by atoms with van der Waals surface area (Å²) in [5.74, 6) is 0. The van der Waals surface area contributed by atoms with E-state index < -0.39 is 10.0 Å². The number of rotatable bonds is 8. The van der Waals surface area contributed by atoms with E-state index >= 15 is 0 Å². The molecule has 128 valence electrons. The number of hydrogen-bond acceptors (Lipinski definition) is 2. The maximum atomic E-state index is 13.1. The molecule has 4 heteroatoms. The highest BCUT2D eigenvalue weighted by molar-refractivity contribution is 7.89. The second kappa shape index (κ2) is 8.27. The fourth-order valence-corrected chi connectivity index (χ4v) is 4.33. The van der Waals surface area contributed by atoms with Crippen LogP contribution in [0.5, 0.6) is 0 Å². The van der Waals surface area contributed by atoms with E-state index in [4.69, 9.17) is 0 Å². The van der Waals surface area contributed by atoms with E-state index in [1.165, 1.54) is 4.31 Å². The van der Waals surface area contributed by atoms with Crippen molar-refractivity contribution in [3.63, 3.8) is 0 Å². The SMILES string of the molecule is C=CCN(C(C)c1ccccc1)S(=O)(=O)c1ccc(CCC)cc1. The fourth-order valence-electron chi connectivity index (χ4n) is 2.74. The Labute approximate surface area is 145 Å². The van der Waals surface area contributed by atoms with Gasteiger partial charge in [-0.25, -0.2) is 8.42 Å². The minimum absolute atomic E-state index is 0.260. The molecule has 0 saturated heterocycles. The minimum Gasteiger partial charge on any atom is -0.207 e. The predicted molar refractivity (Wildman–Crippen MR) is 99.4 cm³/mol. The molecular formula is C20H25NO2S. The highest BCUT2D eigenvalue weighted by Crippen LogP contribution is 2.27. The first kappa shape index (κ1) is 18.4. The molecule has 2 rings (SSSR count). The van der Waals surface area contributed by atoms with Crippen molar-refractivity contribution in [2.75, 3.05) is 6.54 Å². The Bertz CT molecular complexity index is 752. The molecular weight excluding hydrogens is 318 g/mol. The standard InChI is InChI=1S/C20H25NO2S/c1-4-9-18-12-14-20(15-13-18)24(22,23)21(16-5-2)17(3)19-10-7-6-8-11-19/h5-8,10-15,17H,2,4,9,16H2,1,3H3. The molecule has 0 fully saturated rings. The van der Waals surface area contributed by atoms with Crippen molar-refractivity contribution in [3.8, 4) is 0 Å². The summed E-state index contributed by atoms with van der Waals surface area (Å²) in [5, 5.41) is 0. The summed E-state index contributed by atoms with van der Waals surface area (Å²) in [6.45, 7) is 8.00. The lowest BCUT2D eigenvalue weighted by Gasteiger charge is -2.27. The first-order valence-electron chi connectivity index (χ1n) is 8.27. The van der Waals surface area contributed by atoms with Gasteiger partial charge in [-0.1, -0.05) is 61.9 Å². The summed E-state index contributed by atoms with van der Waals surface area (Å²) in [4.78, 5) is 0.326. The molecule has 0 aliphatic rings. The minimum atomic E-state index is -3.58. The van der Waals surface area contributed by atoms with Crippen LogP contribution in [0.4, 0.5) is 0 Å². The summed E-state index contributed by atoms with van der Waals surface area (Å²) in [6, 6.07) is 16.6. The molecule has 3 nitrogen and oxygen atoms in total. The van der Waals surface area contributed by atoms with Crippen molar-refractivity contribution in [2.24, 2.45) is 0 Å². The number of benzene rings is 2. The largest absolute Gasteiger partial charge is 0.243 e. The maximum absolute atomic E-state index is 13.1. The number of hydrogen-bond donors (Lipinski definition) is 0. The Morgan fingerprint density at radius 3 is 2.25 bits per heavy atom. The fraction of sp³-hybridized carbons (Fsp3) is 0.300. The molecule has 0 heterocycles. The molecule has 0 aliphatic carbocycles. The van der Waals surface area contributed by atoms with Gasteiger partial charge < -0.3 is 0 Å². The molecule has 0 aromatic heterocycles. The predicted octanol–water partition coefficient (Wildman–Crippen LogP) is 4.58. The van der Waals surface area contributed by atoms with Gasteiger partial charge in [0.2, 0.25) is 10.0 Å². The van der Waals surface area contributed by atoms with Crippen molar-refractivity contribution in [1.29, 1.82) is 0 Å². The molecule has 0 aliphatic heterocycles. The van der Waals surface area contributed by atoms with Gasteiger partial charge in [-0.05, 0) is 36.6 Å². The third kappa shape index (κ3) is 4.13. The van der Waals surface area contributed by atoms with Crippen LogP contribution in [0.1, 0.15) is 37.4 Å². The van der Waals surface area contributed by atoms with E-state index in [2.05, 4.69) is 13.5 Å². The van der Waals surface area contributed by atoms with Gasteiger partial charge in [0.05, 0.1) is 4.90 Å². The summed E-state index contributed by atoms with van der Waals surface area (Å²) in [6.07, 6.45) is 3.62. The zero-order valence-corrected chi connectivity index (χ0v) is 15.2. The molecule has 0 saturated carbocycles. The first-order chi connectivity index (χ1) is 11.5. The molecule has 1 unspecified atom stereocenters. The van der Waals surface area contributed by atoms with Crippen LogP contribution in [0, 0.1) is 0 Å². The molecule has 2 aromatic rings. The van der Waals surface area contributed by atoms with E-state index in [0.717, 1.165) is 24.0 Å². The van der Waals surface area contributed by atoms with Crippen LogP contribution >= 0.6 is 0 Å². The molecule has 0 amide bonds. The molecule has 1 atom stereocenters. The van der Waals surface area contributed by atoms with E-state index in [1.807, 2.05) is 49.4 Å². The lowest BCUT2D eigenvalue weighted by atomic mass is 10.1. The third-order valence-corrected chi connectivity index (χ3v) is 6.04. The summed E-state index contributed by atoms with van der Waals surface area (Å²) in [5.41, 5.74) is 2.12. The Hall–Kier alpha value is -1.91. The zero-order valence-electron chi connectivity index (χ0n) is 14.4. The van der Waals surface area contributed by atoms with Crippen LogP contribution in [0.15, 0.2) is 72.1 Å². The highest BCUT2D eigenvalue weighted by Gasteiger charge is 2.28. The van der Waals surface area contributed by atoms with Gasteiger partial charge in [-0.3, -0.25) is 0 Å². The zero-order chi connectivity index (χ0) is 17.6. The molecule has 2 aromatic carbocycles. The van der Waals surface area contributed by atoms with Gasteiger partial charge in [0.15, 0.2) is 0 Å². The van der Waals surface area contributed by atoms with E-state index in [1.54, 1.807) is 18.2 Å². The third-order valence-electron chi connectivity index (χ3n) is 4.09. The van der Waals surface area contributed by atoms with Crippen molar-refractivity contribution < 1.29 is 8.42 Å². The average Bonchev–Trinajstić information content (AvgIpc) is 2.60. The second-order valence-corrected chi connectivity index (χ2v) is 7.73. The van der Waals surface area contributed by atoms with Crippen LogP contribution < -0.4 is 0 Å². The molecule has 0 spiro atoms. The van der Waals surface area contributed by atoms with Crippen LogP contribution in [-0.2, 0) is 16.4 Å². The molecule has 0 N–H and O–H groups in total. The highest BCUT2D eigenvalue weighted by atomic mass is 32.2. The van der Waals surface area contributed by atoms with E-state index in [9.17, 15) is 8.42 Å². The number of sulfonamides is 1. The van der Waals surface area contributed by atoms with E-state index in [0.29, 0.717) is 4.90 Å². The normalized spacial score (nSPS) is 13.0. The molecule has 24 heavy (non-hydrogen) atoms. The first-order valence-corrected chi connectivity index (χ1v) is 9.71. The van der Waals surface area contributed by atoms with Crippen LogP contribution in [-0.4, -0.2) is 19.3 Å².